The van der Waals surface area contributed by atoms with Crippen molar-refractivity contribution in [3.63, 3.8) is 0 Å². The van der Waals surface area contributed by atoms with Crippen molar-refractivity contribution < 1.29 is 17.9 Å². The lowest BCUT2D eigenvalue weighted by molar-refractivity contribution is -0.0281. The highest BCUT2D eigenvalue weighted by atomic mass is 32.2. The minimum absolute atomic E-state index is 0.0148. The van der Waals surface area contributed by atoms with Gasteiger partial charge in [0.05, 0.1) is 19.3 Å². The van der Waals surface area contributed by atoms with Gasteiger partial charge in [-0.25, -0.2) is 8.42 Å². The van der Waals surface area contributed by atoms with Gasteiger partial charge in [-0.3, -0.25) is 9.62 Å². The fourth-order valence-electron chi connectivity index (χ4n) is 3.27. The maximum atomic E-state index is 12.9. The van der Waals surface area contributed by atoms with Crippen LogP contribution in [0.4, 0.5) is 5.69 Å². The molecule has 6 nitrogen and oxygen atoms in total. The van der Waals surface area contributed by atoms with Gasteiger partial charge in [0, 0.05) is 18.8 Å². The lowest BCUT2D eigenvalue weighted by Crippen LogP contribution is -2.38. The third kappa shape index (κ3) is 4.84. The largest absolute Gasteiger partial charge is 0.492 e. The monoisotopic (exact) mass is 404 g/mol. The molecule has 28 heavy (non-hydrogen) atoms. The number of hydrogen-bond acceptors (Lipinski definition) is 5. The Bertz CT molecular complexity index is 897. The van der Waals surface area contributed by atoms with E-state index in [4.69, 9.17) is 9.47 Å². The molecule has 1 aliphatic heterocycles. The van der Waals surface area contributed by atoms with E-state index in [1.54, 1.807) is 30.3 Å². The van der Waals surface area contributed by atoms with Gasteiger partial charge in [0.15, 0.2) is 0 Å². The van der Waals surface area contributed by atoms with Crippen LogP contribution in [0.15, 0.2) is 47.4 Å². The number of rotatable bonds is 7. The Labute approximate surface area is 167 Å². The van der Waals surface area contributed by atoms with Crippen LogP contribution in [-0.2, 0) is 14.8 Å². The zero-order valence-electron chi connectivity index (χ0n) is 16.6. The van der Waals surface area contributed by atoms with E-state index in [9.17, 15) is 8.42 Å². The van der Waals surface area contributed by atoms with Crippen molar-refractivity contribution in [2.45, 2.75) is 31.8 Å². The van der Waals surface area contributed by atoms with E-state index in [1.165, 1.54) is 0 Å². The molecule has 1 unspecified atom stereocenters. The number of nitrogens with one attached hydrogen (secondary N) is 1. The van der Waals surface area contributed by atoms with Gasteiger partial charge in [0.2, 0.25) is 0 Å². The summed E-state index contributed by atoms with van der Waals surface area (Å²) in [5.41, 5.74) is 2.50. The minimum atomic E-state index is -3.75. The van der Waals surface area contributed by atoms with E-state index in [0.717, 1.165) is 30.8 Å². The molecule has 0 saturated carbocycles. The topological polar surface area (TPSA) is 67.9 Å². The first-order chi connectivity index (χ1) is 13.4. The van der Waals surface area contributed by atoms with Crippen molar-refractivity contribution in [3.8, 4) is 5.75 Å². The van der Waals surface area contributed by atoms with Gasteiger partial charge >= 0.3 is 0 Å². The molecule has 0 radical (unpaired) electrons. The zero-order valence-corrected chi connectivity index (χ0v) is 17.5. The summed E-state index contributed by atoms with van der Waals surface area (Å²) in [6.07, 6.45) is 0.0148. The van der Waals surface area contributed by atoms with Crippen LogP contribution in [0.25, 0.3) is 0 Å². The second kappa shape index (κ2) is 8.94. The molecule has 0 amide bonds. The quantitative estimate of drug-likeness (QED) is 0.764. The molecule has 0 aromatic heterocycles. The number of hydrogen-bond donors (Lipinski definition) is 1. The maximum absolute atomic E-state index is 12.9. The Morgan fingerprint density at radius 1 is 1.18 bits per heavy atom. The molecule has 0 bridgehead atoms. The molecule has 0 spiro atoms. The summed E-state index contributed by atoms with van der Waals surface area (Å²) in [5.74, 6) is 0.363. The lowest BCUT2D eigenvalue weighted by atomic mass is 10.1. The van der Waals surface area contributed by atoms with Crippen molar-refractivity contribution in [2.75, 3.05) is 37.6 Å². The fraction of sp³-hybridized carbons (Fsp3) is 0.429. The molecular formula is C21H28N2O4S. The van der Waals surface area contributed by atoms with Crippen molar-refractivity contribution in [1.29, 1.82) is 0 Å². The molecular weight excluding hydrogens is 376 g/mol. The highest BCUT2D eigenvalue weighted by Crippen LogP contribution is 2.28. The number of sulfonamides is 1. The van der Waals surface area contributed by atoms with E-state index < -0.39 is 10.0 Å². The van der Waals surface area contributed by atoms with E-state index in [1.807, 2.05) is 26.0 Å². The van der Waals surface area contributed by atoms with Crippen LogP contribution in [-0.4, -0.2) is 46.2 Å². The first kappa shape index (κ1) is 20.6. The average Bonchev–Trinajstić information content (AvgIpc) is 2.68. The van der Waals surface area contributed by atoms with E-state index >= 15 is 0 Å². The van der Waals surface area contributed by atoms with Gasteiger partial charge in [0.1, 0.15) is 10.6 Å². The van der Waals surface area contributed by atoms with Crippen LogP contribution in [0.3, 0.4) is 0 Å². The summed E-state index contributed by atoms with van der Waals surface area (Å²) < 4.78 is 39.7. The predicted molar refractivity (Wildman–Crippen MR) is 110 cm³/mol. The molecule has 3 rings (SSSR count). The number of nitrogens with zero attached hydrogens (tertiary/aromatic N) is 1. The van der Waals surface area contributed by atoms with Crippen LogP contribution < -0.4 is 9.46 Å². The Kier molecular flexibility index (Phi) is 6.59. The molecule has 1 fully saturated rings. The fourth-order valence-corrected chi connectivity index (χ4v) is 4.46. The van der Waals surface area contributed by atoms with E-state index in [0.29, 0.717) is 24.7 Å². The van der Waals surface area contributed by atoms with Crippen LogP contribution in [0.1, 0.15) is 31.1 Å². The minimum Gasteiger partial charge on any atom is -0.492 e. The summed E-state index contributed by atoms with van der Waals surface area (Å²) in [4.78, 5) is 2.48. The first-order valence-electron chi connectivity index (χ1n) is 9.63. The third-order valence-corrected chi connectivity index (χ3v) is 6.24. The number of anilines is 1. The second-order valence-electron chi connectivity index (χ2n) is 6.86. The van der Waals surface area contributed by atoms with Gasteiger partial charge in [-0.2, -0.15) is 0 Å². The standard InChI is InChI=1S/C21H28N2O4S/c1-4-23-12-13-27-20(15-23)17-7-9-18(10-8-17)22-28(24,25)21-11-6-16(3)14-19(21)26-5-2/h6-11,14,20,22H,4-5,12-13,15H2,1-3H3. The molecule has 1 atom stereocenters. The Morgan fingerprint density at radius 2 is 1.93 bits per heavy atom. The number of likely N-dealkylation sites (N-methyl/N-ethyl adjacent to an activating group) is 1. The average molecular weight is 405 g/mol. The number of morpholine rings is 1. The third-order valence-electron chi connectivity index (χ3n) is 4.82. The molecule has 1 N–H and O–H groups in total. The molecule has 0 aliphatic carbocycles. The van der Waals surface area contributed by atoms with Gasteiger partial charge in [-0.15, -0.1) is 0 Å². The number of benzene rings is 2. The Morgan fingerprint density at radius 3 is 2.61 bits per heavy atom. The molecule has 2 aromatic rings. The van der Waals surface area contributed by atoms with Crippen molar-refractivity contribution in [2.24, 2.45) is 0 Å². The molecule has 2 aromatic carbocycles. The molecule has 7 heteroatoms. The first-order valence-corrected chi connectivity index (χ1v) is 11.1. The molecule has 152 valence electrons. The van der Waals surface area contributed by atoms with E-state index in [-0.39, 0.29) is 11.0 Å². The van der Waals surface area contributed by atoms with Crippen molar-refractivity contribution in [1.82, 2.24) is 4.90 Å². The molecule has 1 aliphatic rings. The highest BCUT2D eigenvalue weighted by molar-refractivity contribution is 7.92. The second-order valence-corrected chi connectivity index (χ2v) is 8.51. The van der Waals surface area contributed by atoms with E-state index in [2.05, 4.69) is 16.5 Å². The van der Waals surface area contributed by atoms with Gasteiger partial charge in [-0.1, -0.05) is 25.1 Å². The smallest absolute Gasteiger partial charge is 0.265 e. The highest BCUT2D eigenvalue weighted by Gasteiger charge is 2.22. The molecule has 1 heterocycles. The summed E-state index contributed by atoms with van der Waals surface area (Å²) in [7, 11) is -3.75. The SMILES string of the molecule is CCOc1cc(C)ccc1S(=O)(=O)Nc1ccc(C2CN(CC)CCO2)cc1. The van der Waals surface area contributed by atoms with Gasteiger partial charge in [-0.05, 0) is 55.8 Å². The van der Waals surface area contributed by atoms with Crippen LogP contribution in [0.5, 0.6) is 5.75 Å². The Balaban J connectivity index is 1.76. The Hall–Kier alpha value is -2.09. The predicted octanol–water partition coefficient (Wildman–Crippen LogP) is 3.59. The number of aryl methyl sites for hydroxylation is 1. The summed E-state index contributed by atoms with van der Waals surface area (Å²) in [6.45, 7) is 9.78. The van der Waals surface area contributed by atoms with Crippen molar-refractivity contribution in [3.05, 3.63) is 53.6 Å². The van der Waals surface area contributed by atoms with Crippen LogP contribution >= 0.6 is 0 Å². The lowest BCUT2D eigenvalue weighted by Gasteiger charge is -2.32. The summed E-state index contributed by atoms with van der Waals surface area (Å²) in [5, 5.41) is 0. The summed E-state index contributed by atoms with van der Waals surface area (Å²) in [6, 6.07) is 12.5. The summed E-state index contributed by atoms with van der Waals surface area (Å²) >= 11 is 0. The maximum Gasteiger partial charge on any atom is 0.265 e. The molecule has 1 saturated heterocycles. The normalized spacial score (nSPS) is 18.0. The van der Waals surface area contributed by atoms with Crippen LogP contribution in [0, 0.1) is 6.92 Å². The van der Waals surface area contributed by atoms with Gasteiger partial charge in [0.25, 0.3) is 10.0 Å². The van der Waals surface area contributed by atoms with Gasteiger partial charge < -0.3 is 9.47 Å². The van der Waals surface area contributed by atoms with Crippen molar-refractivity contribution >= 4 is 15.7 Å². The number of ether oxygens (including phenoxy) is 2. The van der Waals surface area contributed by atoms with Crippen LogP contribution in [0.2, 0.25) is 0 Å². The zero-order chi connectivity index (χ0) is 20.1.